The van der Waals surface area contributed by atoms with Crippen LogP contribution in [-0.4, -0.2) is 36.4 Å². The summed E-state index contributed by atoms with van der Waals surface area (Å²) in [5, 5.41) is 20.6. The largest absolute Gasteiger partial charge is 0.505 e. The predicted molar refractivity (Wildman–Crippen MR) is 178 cm³/mol. The molecule has 0 radical (unpaired) electrons. The summed E-state index contributed by atoms with van der Waals surface area (Å²) < 4.78 is 21.8. The van der Waals surface area contributed by atoms with Crippen molar-refractivity contribution in [2.24, 2.45) is 0 Å². The first kappa shape index (κ1) is 30.3. The highest BCUT2D eigenvalue weighted by molar-refractivity contribution is 8.00. The number of aryl methyl sites for hydroxylation is 2. The molecule has 1 saturated heterocycles. The lowest BCUT2D eigenvalue weighted by Crippen LogP contribution is -2.29. The van der Waals surface area contributed by atoms with E-state index < -0.39 is 17.7 Å². The summed E-state index contributed by atoms with van der Waals surface area (Å²) in [4.78, 5) is 33.6. The van der Waals surface area contributed by atoms with Gasteiger partial charge in [-0.2, -0.15) is 0 Å². The van der Waals surface area contributed by atoms with Crippen molar-refractivity contribution in [3.63, 3.8) is 0 Å². The van der Waals surface area contributed by atoms with E-state index in [0.29, 0.717) is 38.5 Å². The molecular formula is C35H26FN5O4S2. The van der Waals surface area contributed by atoms with Crippen LogP contribution in [0.25, 0.3) is 11.4 Å². The lowest BCUT2D eigenvalue weighted by atomic mass is 9.96. The van der Waals surface area contributed by atoms with Gasteiger partial charge in [-0.25, -0.2) is 9.37 Å². The molecule has 0 spiro atoms. The fourth-order valence-electron chi connectivity index (χ4n) is 5.48. The summed E-state index contributed by atoms with van der Waals surface area (Å²) in [5.41, 5.74) is 3.62. The number of amides is 1. The van der Waals surface area contributed by atoms with Crippen molar-refractivity contribution in [2.45, 2.75) is 30.0 Å². The van der Waals surface area contributed by atoms with Crippen molar-refractivity contribution in [3.8, 4) is 11.5 Å². The van der Waals surface area contributed by atoms with Gasteiger partial charge in [-0.15, -0.1) is 10.2 Å². The number of aliphatic hydroxyl groups excluding tert-OH is 1. The average Bonchev–Trinajstić information content (AvgIpc) is 3.76. The molecule has 1 N–H and O–H groups in total. The number of hydrogen-bond acceptors (Lipinski definition) is 9. The number of Topliss-reactive ketones (excluding diaryl/α,β-unsaturated/α-hetero) is 1. The van der Waals surface area contributed by atoms with Crippen molar-refractivity contribution in [3.05, 3.63) is 137 Å². The molecule has 3 aromatic heterocycles. The van der Waals surface area contributed by atoms with Gasteiger partial charge < -0.3 is 14.2 Å². The number of ether oxygens (including phenoxy) is 1. The van der Waals surface area contributed by atoms with E-state index in [4.69, 9.17) is 4.74 Å². The third-order valence-corrected chi connectivity index (χ3v) is 9.91. The second-order valence-electron chi connectivity index (χ2n) is 10.9. The maximum absolute atomic E-state index is 13.8. The summed E-state index contributed by atoms with van der Waals surface area (Å²) in [6.07, 6.45) is 1.83. The second kappa shape index (κ2) is 12.5. The molecule has 1 aliphatic heterocycles. The molecule has 12 heteroatoms. The number of rotatable bonds is 8. The van der Waals surface area contributed by atoms with Gasteiger partial charge in [-0.1, -0.05) is 71.6 Å². The number of halogens is 1. The Balaban J connectivity index is 1.32. The van der Waals surface area contributed by atoms with Gasteiger partial charge in [0.25, 0.3) is 5.78 Å². The first-order valence-electron chi connectivity index (χ1n) is 14.6. The highest BCUT2D eigenvalue weighted by Crippen LogP contribution is 2.45. The molecule has 1 atom stereocenters. The second-order valence-corrected chi connectivity index (χ2v) is 13.0. The maximum atomic E-state index is 13.8. The van der Waals surface area contributed by atoms with Crippen LogP contribution < -0.4 is 9.64 Å². The van der Waals surface area contributed by atoms with E-state index in [1.165, 1.54) is 28.8 Å². The Labute approximate surface area is 277 Å². The van der Waals surface area contributed by atoms with Crippen molar-refractivity contribution < 1.29 is 23.8 Å². The standard InChI is InChI=1S/C35H26FN5O4S2/c1-20-8-7-17-40-21(2)28(37-32(20)40)30(42)27-29(23-9-6-12-26(18-23)45-25-10-4-3-5-11-25)41(33(44)31(27)43)34-38-39-35(47-34)46-19-22-13-15-24(36)16-14-22/h3-18,29,42H,19H2,1-2H3. The van der Waals surface area contributed by atoms with E-state index in [1.54, 1.807) is 43.3 Å². The molecule has 1 aliphatic rings. The Kier molecular flexibility index (Phi) is 8.04. The third-order valence-electron chi connectivity index (χ3n) is 7.78. The first-order chi connectivity index (χ1) is 22.8. The summed E-state index contributed by atoms with van der Waals surface area (Å²) in [6.45, 7) is 3.70. The summed E-state index contributed by atoms with van der Waals surface area (Å²) >= 11 is 2.52. The molecule has 9 nitrogen and oxygen atoms in total. The minimum absolute atomic E-state index is 0.119. The number of fused-ring (bicyclic) bond motifs is 1. The third kappa shape index (κ3) is 5.77. The molecule has 1 fully saturated rings. The monoisotopic (exact) mass is 663 g/mol. The van der Waals surface area contributed by atoms with Crippen LogP contribution in [0.4, 0.5) is 9.52 Å². The molecular weight excluding hydrogens is 638 g/mol. The lowest BCUT2D eigenvalue weighted by molar-refractivity contribution is -0.132. The Morgan fingerprint density at radius 2 is 1.72 bits per heavy atom. The molecule has 7 rings (SSSR count). The van der Waals surface area contributed by atoms with Gasteiger partial charge in [0.05, 0.1) is 17.3 Å². The van der Waals surface area contributed by atoms with Crippen LogP contribution >= 0.6 is 23.1 Å². The zero-order valence-corrected chi connectivity index (χ0v) is 26.8. The van der Waals surface area contributed by atoms with E-state index in [1.807, 2.05) is 60.0 Å². The molecule has 0 saturated carbocycles. The molecule has 0 bridgehead atoms. The predicted octanol–water partition coefficient (Wildman–Crippen LogP) is 7.65. The molecule has 4 heterocycles. The minimum Gasteiger partial charge on any atom is -0.505 e. The lowest BCUT2D eigenvalue weighted by Gasteiger charge is -2.23. The topological polar surface area (TPSA) is 110 Å². The van der Waals surface area contributed by atoms with E-state index >= 15 is 0 Å². The molecule has 3 aromatic carbocycles. The number of imidazole rings is 1. The number of anilines is 1. The SMILES string of the molecule is Cc1cccn2c(C)c(C(O)=C3C(=O)C(=O)N(c4nnc(SCc5ccc(F)cc5)s4)C3c3cccc(Oc4ccccc4)c3)nc12. The number of aromatic nitrogens is 4. The minimum atomic E-state index is -1.05. The Hall–Kier alpha value is -5.33. The van der Waals surface area contributed by atoms with E-state index in [9.17, 15) is 19.1 Å². The number of thioether (sulfide) groups is 1. The summed E-state index contributed by atoms with van der Waals surface area (Å²) in [5.74, 6) is -0.836. The zero-order valence-electron chi connectivity index (χ0n) is 25.1. The van der Waals surface area contributed by atoms with Crippen molar-refractivity contribution in [1.29, 1.82) is 0 Å². The van der Waals surface area contributed by atoms with Crippen LogP contribution in [0, 0.1) is 19.7 Å². The van der Waals surface area contributed by atoms with E-state index in [-0.39, 0.29) is 28.0 Å². The molecule has 47 heavy (non-hydrogen) atoms. The fourth-order valence-corrected chi connectivity index (χ4v) is 7.30. The van der Waals surface area contributed by atoms with Crippen LogP contribution in [0.1, 0.15) is 34.1 Å². The van der Waals surface area contributed by atoms with Crippen LogP contribution in [0.3, 0.4) is 0 Å². The van der Waals surface area contributed by atoms with Gasteiger partial charge in [-0.05, 0) is 73.0 Å². The van der Waals surface area contributed by atoms with Crippen LogP contribution in [0.2, 0.25) is 0 Å². The number of carbonyl (C=O) groups excluding carboxylic acids is 2. The van der Waals surface area contributed by atoms with Crippen LogP contribution in [-0.2, 0) is 15.3 Å². The highest BCUT2D eigenvalue weighted by Gasteiger charge is 2.49. The summed E-state index contributed by atoms with van der Waals surface area (Å²) in [7, 11) is 0. The fraction of sp³-hybridized carbons (Fsp3) is 0.114. The van der Waals surface area contributed by atoms with Crippen molar-refractivity contribution in [2.75, 3.05) is 4.90 Å². The van der Waals surface area contributed by atoms with E-state index in [0.717, 1.165) is 22.5 Å². The Morgan fingerprint density at radius 3 is 2.49 bits per heavy atom. The van der Waals surface area contributed by atoms with Gasteiger partial charge in [0.2, 0.25) is 5.13 Å². The molecule has 0 aliphatic carbocycles. The molecule has 234 valence electrons. The number of benzene rings is 3. The highest BCUT2D eigenvalue weighted by atomic mass is 32.2. The number of hydrogen-bond donors (Lipinski definition) is 1. The van der Waals surface area contributed by atoms with Gasteiger partial charge in [0.1, 0.15) is 28.7 Å². The number of nitrogens with zero attached hydrogens (tertiary/aromatic N) is 5. The van der Waals surface area contributed by atoms with E-state index in [2.05, 4.69) is 15.2 Å². The number of para-hydroxylation sites is 1. The number of ketones is 1. The van der Waals surface area contributed by atoms with Crippen LogP contribution in [0.5, 0.6) is 11.5 Å². The molecule has 1 amide bonds. The number of aliphatic hydroxyl groups is 1. The Bertz CT molecular complexity index is 2180. The molecule has 6 aromatic rings. The van der Waals surface area contributed by atoms with Gasteiger partial charge >= 0.3 is 5.91 Å². The number of pyridine rings is 1. The quantitative estimate of drug-likeness (QED) is 0.0582. The van der Waals surface area contributed by atoms with Gasteiger partial charge in [0, 0.05) is 11.9 Å². The van der Waals surface area contributed by atoms with Gasteiger partial charge in [-0.3, -0.25) is 14.5 Å². The normalized spacial score (nSPS) is 15.9. The first-order valence-corrected chi connectivity index (χ1v) is 16.4. The average molecular weight is 664 g/mol. The zero-order chi connectivity index (χ0) is 32.7. The summed E-state index contributed by atoms with van der Waals surface area (Å²) in [6, 6.07) is 25.2. The smallest absolute Gasteiger partial charge is 0.301 e. The van der Waals surface area contributed by atoms with Crippen LogP contribution in [0.15, 0.2) is 107 Å². The van der Waals surface area contributed by atoms with Crippen molar-refractivity contribution in [1.82, 2.24) is 19.6 Å². The maximum Gasteiger partial charge on any atom is 0.301 e. The molecule has 1 unspecified atom stereocenters. The Morgan fingerprint density at radius 1 is 0.957 bits per heavy atom. The number of carbonyl (C=O) groups is 2. The van der Waals surface area contributed by atoms with Crippen molar-refractivity contribution >= 4 is 51.3 Å². The van der Waals surface area contributed by atoms with Gasteiger partial charge in [0.15, 0.2) is 10.1 Å².